The summed E-state index contributed by atoms with van der Waals surface area (Å²) in [5.41, 5.74) is 0. The molecule has 0 amide bonds. The molecule has 0 unspecified atom stereocenters. The highest BCUT2D eigenvalue weighted by molar-refractivity contribution is 5.21. The van der Waals surface area contributed by atoms with Crippen LogP contribution in [0.1, 0.15) is 6.92 Å². The molecule has 0 heterocycles. The first-order valence-corrected chi connectivity index (χ1v) is 4.33. The lowest BCUT2D eigenvalue weighted by molar-refractivity contribution is 0.00502. The fourth-order valence-electron chi connectivity index (χ4n) is 0.988. The van der Waals surface area contributed by atoms with Gasteiger partial charge in [0.25, 0.3) is 5.92 Å². The van der Waals surface area contributed by atoms with E-state index in [4.69, 9.17) is 4.74 Å². The highest BCUT2D eigenvalue weighted by atomic mass is 19.3. The van der Waals surface area contributed by atoms with Gasteiger partial charge in [-0.3, -0.25) is 0 Å². The van der Waals surface area contributed by atoms with Gasteiger partial charge >= 0.3 is 0 Å². The smallest absolute Gasteiger partial charge is 0.299 e. The maximum atomic E-state index is 12.9. The van der Waals surface area contributed by atoms with E-state index in [1.54, 1.807) is 37.3 Å². The Morgan fingerprint density at radius 2 is 1.93 bits per heavy atom. The Labute approximate surface area is 82.0 Å². The Hall–Kier alpha value is -1.38. The molecule has 0 aromatic heterocycles. The van der Waals surface area contributed by atoms with Crippen molar-refractivity contribution < 1.29 is 13.5 Å². The number of hydrogen-bond donors (Lipinski definition) is 0. The fraction of sp³-hybridized carbons (Fsp3) is 0.273. The third-order valence-electron chi connectivity index (χ3n) is 1.58. The first-order chi connectivity index (χ1) is 6.64. The van der Waals surface area contributed by atoms with Crippen molar-refractivity contribution in [2.24, 2.45) is 0 Å². The van der Waals surface area contributed by atoms with Crippen LogP contribution in [0.25, 0.3) is 0 Å². The van der Waals surface area contributed by atoms with Crippen molar-refractivity contribution in [1.29, 1.82) is 0 Å². The number of benzene rings is 1. The molecule has 0 bridgehead atoms. The molecule has 0 aliphatic carbocycles. The largest absolute Gasteiger partial charge is 0.487 e. The van der Waals surface area contributed by atoms with Gasteiger partial charge in [0.15, 0.2) is 6.61 Å². The predicted octanol–water partition coefficient (Wildman–Crippen LogP) is 3.28. The van der Waals surface area contributed by atoms with Crippen LogP contribution in [0.15, 0.2) is 42.5 Å². The minimum Gasteiger partial charge on any atom is -0.487 e. The summed E-state index contributed by atoms with van der Waals surface area (Å²) in [6.45, 7) is 0.928. The van der Waals surface area contributed by atoms with E-state index in [1.807, 2.05) is 0 Å². The first-order valence-electron chi connectivity index (χ1n) is 4.33. The summed E-state index contributed by atoms with van der Waals surface area (Å²) in [6.07, 6.45) is 2.14. The minimum absolute atomic E-state index is 0.455. The van der Waals surface area contributed by atoms with Crippen LogP contribution in [0.4, 0.5) is 8.78 Å². The van der Waals surface area contributed by atoms with Crippen molar-refractivity contribution in [3.05, 3.63) is 42.5 Å². The molecular formula is C11H12F2O. The lowest BCUT2D eigenvalue weighted by Crippen LogP contribution is -2.22. The third-order valence-corrected chi connectivity index (χ3v) is 1.58. The summed E-state index contributed by atoms with van der Waals surface area (Å²) in [7, 11) is 0. The summed E-state index contributed by atoms with van der Waals surface area (Å²) in [6, 6.07) is 8.57. The zero-order chi connectivity index (χ0) is 10.4. The molecule has 1 rings (SSSR count). The van der Waals surface area contributed by atoms with E-state index in [2.05, 4.69) is 0 Å². The fourth-order valence-corrected chi connectivity index (χ4v) is 0.988. The molecule has 1 aromatic rings. The third kappa shape index (κ3) is 3.56. The number of rotatable bonds is 4. The maximum absolute atomic E-state index is 12.9. The summed E-state index contributed by atoms with van der Waals surface area (Å²) in [5.74, 6) is -2.44. The molecule has 0 saturated carbocycles. The van der Waals surface area contributed by atoms with Crippen molar-refractivity contribution >= 4 is 0 Å². The molecule has 0 aliphatic rings. The Morgan fingerprint density at radius 3 is 2.50 bits per heavy atom. The molecule has 3 heteroatoms. The van der Waals surface area contributed by atoms with Crippen molar-refractivity contribution in [1.82, 2.24) is 0 Å². The van der Waals surface area contributed by atoms with Crippen molar-refractivity contribution in [2.75, 3.05) is 6.61 Å². The zero-order valence-corrected chi connectivity index (χ0v) is 7.91. The zero-order valence-electron chi connectivity index (χ0n) is 7.91. The Bertz CT molecular complexity index is 293. The van der Waals surface area contributed by atoms with Crippen LogP contribution in [0.3, 0.4) is 0 Å². The molecule has 1 nitrogen and oxygen atoms in total. The van der Waals surface area contributed by atoms with Gasteiger partial charge in [0.05, 0.1) is 0 Å². The van der Waals surface area contributed by atoms with Crippen LogP contribution in [-0.4, -0.2) is 12.5 Å². The van der Waals surface area contributed by atoms with Crippen LogP contribution in [-0.2, 0) is 0 Å². The summed E-state index contributed by atoms with van der Waals surface area (Å²) in [4.78, 5) is 0. The van der Waals surface area contributed by atoms with Gasteiger partial charge in [0, 0.05) is 0 Å². The van der Waals surface area contributed by atoms with Gasteiger partial charge in [0.1, 0.15) is 5.75 Å². The second-order valence-corrected chi connectivity index (χ2v) is 2.86. The monoisotopic (exact) mass is 198 g/mol. The Kier molecular flexibility index (Phi) is 3.63. The number of ether oxygens (including phenoxy) is 1. The normalized spacial score (nSPS) is 11.9. The van der Waals surface area contributed by atoms with Crippen molar-refractivity contribution in [2.45, 2.75) is 12.8 Å². The summed E-state index contributed by atoms with van der Waals surface area (Å²) < 4.78 is 30.7. The highest BCUT2D eigenvalue weighted by Crippen LogP contribution is 2.18. The second-order valence-electron chi connectivity index (χ2n) is 2.86. The Balaban J connectivity index is 2.49. The van der Waals surface area contributed by atoms with E-state index in [-0.39, 0.29) is 0 Å². The van der Waals surface area contributed by atoms with Crippen LogP contribution < -0.4 is 4.74 Å². The summed E-state index contributed by atoms with van der Waals surface area (Å²) in [5, 5.41) is 0. The van der Waals surface area contributed by atoms with E-state index in [0.717, 1.165) is 6.08 Å². The van der Waals surface area contributed by atoms with Crippen LogP contribution in [0.2, 0.25) is 0 Å². The van der Waals surface area contributed by atoms with Crippen molar-refractivity contribution in [3.63, 3.8) is 0 Å². The van der Waals surface area contributed by atoms with E-state index >= 15 is 0 Å². The maximum Gasteiger partial charge on any atom is 0.299 e. The quantitative estimate of drug-likeness (QED) is 0.674. The first kappa shape index (κ1) is 10.7. The molecule has 0 aliphatic heterocycles. The molecule has 0 radical (unpaired) electrons. The highest BCUT2D eigenvalue weighted by Gasteiger charge is 2.25. The van der Waals surface area contributed by atoms with E-state index < -0.39 is 12.5 Å². The van der Waals surface area contributed by atoms with Gasteiger partial charge < -0.3 is 4.74 Å². The van der Waals surface area contributed by atoms with Gasteiger partial charge in [-0.1, -0.05) is 24.3 Å². The number of alkyl halides is 2. The molecule has 76 valence electrons. The molecule has 14 heavy (non-hydrogen) atoms. The topological polar surface area (TPSA) is 9.23 Å². The lowest BCUT2D eigenvalue weighted by Gasteiger charge is -2.12. The van der Waals surface area contributed by atoms with Crippen molar-refractivity contribution in [3.8, 4) is 5.75 Å². The SMILES string of the molecule is C/C=C/C(F)(F)COc1ccccc1. The molecule has 0 atom stereocenters. The molecule has 1 aromatic carbocycles. The van der Waals surface area contributed by atoms with Gasteiger partial charge in [-0.25, -0.2) is 0 Å². The van der Waals surface area contributed by atoms with Crippen LogP contribution in [0, 0.1) is 0 Å². The van der Waals surface area contributed by atoms with E-state index in [1.165, 1.54) is 6.08 Å². The molecule has 0 N–H and O–H groups in total. The Morgan fingerprint density at radius 1 is 1.29 bits per heavy atom. The van der Waals surface area contributed by atoms with Gasteiger partial charge in [0.2, 0.25) is 0 Å². The second kappa shape index (κ2) is 4.74. The van der Waals surface area contributed by atoms with Crippen LogP contribution >= 0.6 is 0 Å². The number of halogens is 2. The van der Waals surface area contributed by atoms with Gasteiger partial charge in [-0.15, -0.1) is 0 Å². The molecule has 0 spiro atoms. The predicted molar refractivity (Wildman–Crippen MR) is 51.7 cm³/mol. The molecular weight excluding hydrogens is 186 g/mol. The summed E-state index contributed by atoms with van der Waals surface area (Å²) >= 11 is 0. The standard InChI is InChI=1S/C11H12F2O/c1-2-8-11(12,13)9-14-10-6-4-3-5-7-10/h2-8H,9H2,1H3/b8-2+. The molecule has 0 saturated heterocycles. The van der Waals surface area contributed by atoms with E-state index in [0.29, 0.717) is 5.75 Å². The molecule has 0 fully saturated rings. The van der Waals surface area contributed by atoms with Gasteiger partial charge in [-0.05, 0) is 25.1 Å². The van der Waals surface area contributed by atoms with E-state index in [9.17, 15) is 8.78 Å². The average molecular weight is 198 g/mol. The lowest BCUT2D eigenvalue weighted by atomic mass is 10.3. The number of allylic oxidation sites excluding steroid dienone is 1. The number of para-hydroxylation sites is 1. The minimum atomic E-state index is -2.90. The van der Waals surface area contributed by atoms with Crippen LogP contribution in [0.5, 0.6) is 5.75 Å². The van der Waals surface area contributed by atoms with Gasteiger partial charge in [-0.2, -0.15) is 8.78 Å². The number of hydrogen-bond acceptors (Lipinski definition) is 1. The average Bonchev–Trinajstić information content (AvgIpc) is 2.17.